The van der Waals surface area contributed by atoms with E-state index in [1.165, 1.54) is 0 Å². The van der Waals surface area contributed by atoms with Crippen LogP contribution in [0.25, 0.3) is 0 Å². The number of nitrogens with two attached hydrogens (primary N) is 1. The van der Waals surface area contributed by atoms with E-state index in [0.717, 1.165) is 24.1 Å². The summed E-state index contributed by atoms with van der Waals surface area (Å²) in [5.74, 6) is 0.209. The van der Waals surface area contributed by atoms with Gasteiger partial charge in [-0.1, -0.05) is 24.3 Å². The second-order valence-corrected chi connectivity index (χ2v) is 4.76. The third-order valence-corrected chi connectivity index (χ3v) is 3.30. The number of hydrogen-bond acceptors (Lipinski definition) is 2. The summed E-state index contributed by atoms with van der Waals surface area (Å²) in [5, 5.41) is 0. The molecule has 0 saturated heterocycles. The van der Waals surface area contributed by atoms with Crippen LogP contribution in [0.1, 0.15) is 24.8 Å². The molecule has 0 bridgehead atoms. The Balaban J connectivity index is 0.00000180. The molecule has 0 heterocycles. The van der Waals surface area contributed by atoms with Gasteiger partial charge in [0.15, 0.2) is 0 Å². The minimum Gasteiger partial charge on any atom is -0.399 e. The Labute approximate surface area is 120 Å². The molecule has 1 aliphatic carbocycles. The average Bonchev–Trinajstić information content (AvgIpc) is 3.19. The predicted molar refractivity (Wildman–Crippen MR) is 81.4 cm³/mol. The van der Waals surface area contributed by atoms with Crippen molar-refractivity contribution in [2.45, 2.75) is 31.7 Å². The summed E-state index contributed by atoms with van der Waals surface area (Å²) < 4.78 is 0. The number of aryl methyl sites for hydroxylation is 1. The molecule has 1 aromatic carbocycles. The molecule has 1 fully saturated rings. The monoisotopic (exact) mass is 280 g/mol. The van der Waals surface area contributed by atoms with E-state index in [0.29, 0.717) is 25.4 Å². The zero-order valence-corrected chi connectivity index (χ0v) is 11.9. The largest absolute Gasteiger partial charge is 0.399 e. The van der Waals surface area contributed by atoms with Crippen LogP contribution in [-0.2, 0) is 11.2 Å². The van der Waals surface area contributed by atoms with E-state index in [2.05, 4.69) is 6.58 Å². The standard InChI is InChI=1S/C15H20N2O.ClH/c1-2-11-17(13-8-9-13)15(18)10-7-12-5-3-4-6-14(12)16;/h2-6,13H,1,7-11,16H2;1H. The number of carbonyl (C=O) groups is 1. The first kappa shape index (κ1) is 15.6. The van der Waals surface area contributed by atoms with Gasteiger partial charge in [0.1, 0.15) is 0 Å². The Morgan fingerprint density at radius 3 is 2.68 bits per heavy atom. The van der Waals surface area contributed by atoms with Gasteiger partial charge in [-0.05, 0) is 30.9 Å². The van der Waals surface area contributed by atoms with Crippen LogP contribution < -0.4 is 5.73 Å². The molecule has 4 heteroatoms. The molecule has 0 atom stereocenters. The quantitative estimate of drug-likeness (QED) is 0.643. The van der Waals surface area contributed by atoms with Crippen molar-refractivity contribution in [1.82, 2.24) is 4.90 Å². The van der Waals surface area contributed by atoms with Crippen molar-refractivity contribution in [2.24, 2.45) is 0 Å². The number of carbonyl (C=O) groups excluding carboxylic acids is 1. The van der Waals surface area contributed by atoms with Gasteiger partial charge in [0.2, 0.25) is 5.91 Å². The molecule has 2 N–H and O–H groups in total. The molecule has 3 nitrogen and oxygen atoms in total. The number of nitrogens with zero attached hydrogens (tertiary/aromatic N) is 1. The van der Waals surface area contributed by atoms with E-state index in [1.54, 1.807) is 6.08 Å². The van der Waals surface area contributed by atoms with E-state index < -0.39 is 0 Å². The summed E-state index contributed by atoms with van der Waals surface area (Å²) in [6, 6.07) is 8.18. The Hall–Kier alpha value is -1.48. The molecule has 2 rings (SSSR count). The van der Waals surface area contributed by atoms with Gasteiger partial charge in [-0.25, -0.2) is 0 Å². The number of para-hydroxylation sites is 1. The molecule has 0 radical (unpaired) electrons. The zero-order valence-electron chi connectivity index (χ0n) is 11.0. The van der Waals surface area contributed by atoms with Crippen LogP contribution in [0.4, 0.5) is 5.69 Å². The van der Waals surface area contributed by atoms with Crippen LogP contribution in [0.5, 0.6) is 0 Å². The van der Waals surface area contributed by atoms with Crippen LogP contribution in [0.3, 0.4) is 0 Å². The van der Waals surface area contributed by atoms with Gasteiger partial charge in [-0.2, -0.15) is 0 Å². The fraction of sp³-hybridized carbons (Fsp3) is 0.400. The van der Waals surface area contributed by atoms with Crippen molar-refractivity contribution in [2.75, 3.05) is 12.3 Å². The third kappa shape index (κ3) is 4.28. The highest BCUT2D eigenvalue weighted by molar-refractivity contribution is 5.85. The average molecular weight is 281 g/mol. The van der Waals surface area contributed by atoms with Crippen LogP contribution >= 0.6 is 12.4 Å². The number of anilines is 1. The molecule has 0 aliphatic heterocycles. The van der Waals surface area contributed by atoms with E-state index in [9.17, 15) is 4.79 Å². The molecule has 1 saturated carbocycles. The first-order valence-electron chi connectivity index (χ1n) is 6.46. The predicted octanol–water partition coefficient (Wildman–Crippen LogP) is 2.80. The summed E-state index contributed by atoms with van der Waals surface area (Å²) in [5.41, 5.74) is 7.70. The van der Waals surface area contributed by atoms with Gasteiger partial charge in [-0.15, -0.1) is 19.0 Å². The van der Waals surface area contributed by atoms with Crippen LogP contribution in [0.2, 0.25) is 0 Å². The molecule has 104 valence electrons. The second-order valence-electron chi connectivity index (χ2n) is 4.76. The molecule has 1 aromatic rings. The smallest absolute Gasteiger partial charge is 0.223 e. The number of benzene rings is 1. The summed E-state index contributed by atoms with van der Waals surface area (Å²) in [7, 11) is 0. The Morgan fingerprint density at radius 1 is 1.42 bits per heavy atom. The number of amides is 1. The van der Waals surface area contributed by atoms with Gasteiger partial charge >= 0.3 is 0 Å². The van der Waals surface area contributed by atoms with Crippen molar-refractivity contribution in [1.29, 1.82) is 0 Å². The fourth-order valence-corrected chi connectivity index (χ4v) is 2.13. The summed E-state index contributed by atoms with van der Waals surface area (Å²) in [6.07, 6.45) is 5.30. The lowest BCUT2D eigenvalue weighted by molar-refractivity contribution is -0.131. The molecule has 0 unspecified atom stereocenters. The minimum absolute atomic E-state index is 0. The number of halogens is 1. The highest BCUT2D eigenvalue weighted by Gasteiger charge is 2.31. The minimum atomic E-state index is 0. The topological polar surface area (TPSA) is 46.3 Å². The maximum Gasteiger partial charge on any atom is 0.223 e. The summed E-state index contributed by atoms with van der Waals surface area (Å²) in [4.78, 5) is 14.1. The third-order valence-electron chi connectivity index (χ3n) is 3.30. The molecule has 0 spiro atoms. The van der Waals surface area contributed by atoms with Gasteiger partial charge in [0.05, 0.1) is 0 Å². The number of rotatable bonds is 6. The van der Waals surface area contributed by atoms with Crippen LogP contribution in [0, 0.1) is 0 Å². The Kier molecular flexibility index (Phi) is 5.90. The SMILES string of the molecule is C=CCN(C(=O)CCc1ccccc1N)C1CC1.Cl. The van der Waals surface area contributed by atoms with E-state index in [-0.39, 0.29) is 18.3 Å². The van der Waals surface area contributed by atoms with Gasteiger partial charge < -0.3 is 10.6 Å². The van der Waals surface area contributed by atoms with Gasteiger partial charge in [-0.3, -0.25) is 4.79 Å². The first-order chi connectivity index (χ1) is 8.72. The maximum atomic E-state index is 12.1. The molecule has 0 aromatic heterocycles. The lowest BCUT2D eigenvalue weighted by atomic mass is 10.1. The molecule has 1 amide bonds. The molecule has 1 aliphatic rings. The Morgan fingerprint density at radius 2 is 2.11 bits per heavy atom. The lowest BCUT2D eigenvalue weighted by Crippen LogP contribution is -2.33. The van der Waals surface area contributed by atoms with Crippen molar-refractivity contribution >= 4 is 24.0 Å². The van der Waals surface area contributed by atoms with E-state index in [1.807, 2.05) is 29.2 Å². The van der Waals surface area contributed by atoms with Crippen molar-refractivity contribution < 1.29 is 4.79 Å². The number of nitrogen functional groups attached to an aromatic ring is 1. The van der Waals surface area contributed by atoms with Crippen molar-refractivity contribution in [3.05, 3.63) is 42.5 Å². The fourth-order valence-electron chi connectivity index (χ4n) is 2.13. The summed E-state index contributed by atoms with van der Waals surface area (Å²) in [6.45, 7) is 4.37. The molecular weight excluding hydrogens is 260 g/mol. The van der Waals surface area contributed by atoms with Crippen LogP contribution in [-0.4, -0.2) is 23.4 Å². The zero-order chi connectivity index (χ0) is 13.0. The highest BCUT2D eigenvalue weighted by Crippen LogP contribution is 2.27. The number of hydrogen-bond donors (Lipinski definition) is 1. The highest BCUT2D eigenvalue weighted by atomic mass is 35.5. The maximum absolute atomic E-state index is 12.1. The normalized spacial score (nSPS) is 13.5. The van der Waals surface area contributed by atoms with Crippen molar-refractivity contribution in [3.63, 3.8) is 0 Å². The van der Waals surface area contributed by atoms with Gasteiger partial charge in [0.25, 0.3) is 0 Å². The van der Waals surface area contributed by atoms with Crippen molar-refractivity contribution in [3.8, 4) is 0 Å². The molecular formula is C15H21ClN2O. The lowest BCUT2D eigenvalue weighted by Gasteiger charge is -2.20. The second kappa shape index (κ2) is 7.19. The first-order valence-corrected chi connectivity index (χ1v) is 6.46. The Bertz CT molecular complexity index is 444. The van der Waals surface area contributed by atoms with E-state index >= 15 is 0 Å². The van der Waals surface area contributed by atoms with Gasteiger partial charge in [0, 0.05) is 24.7 Å². The van der Waals surface area contributed by atoms with E-state index in [4.69, 9.17) is 5.73 Å². The summed E-state index contributed by atoms with van der Waals surface area (Å²) >= 11 is 0. The van der Waals surface area contributed by atoms with Crippen LogP contribution in [0.15, 0.2) is 36.9 Å². The molecule has 19 heavy (non-hydrogen) atoms.